The molecule has 2 rings (SSSR count). The Bertz CT molecular complexity index is 593. The number of carbonyl (C=O) groups is 1. The van der Waals surface area contributed by atoms with Crippen molar-refractivity contribution in [3.05, 3.63) is 23.8 Å². The van der Waals surface area contributed by atoms with Crippen molar-refractivity contribution in [2.24, 2.45) is 4.99 Å². The van der Waals surface area contributed by atoms with E-state index in [1.54, 1.807) is 19.0 Å². The normalized spacial score (nSPS) is 13.3. The van der Waals surface area contributed by atoms with E-state index in [0.717, 1.165) is 23.5 Å². The smallest absolute Gasteiger partial charge is 0.241 e. The van der Waals surface area contributed by atoms with E-state index in [-0.39, 0.29) is 36.4 Å². The molecule has 2 N–H and O–H groups in total. The molecule has 0 saturated heterocycles. The molecule has 8 heteroatoms. The quantitative estimate of drug-likeness (QED) is 0.395. The zero-order chi connectivity index (χ0) is 17.4. The molecule has 140 valence electrons. The number of benzene rings is 1. The largest absolute Gasteiger partial charge is 0.490 e. The Labute approximate surface area is 166 Å². The number of carbonyl (C=O) groups excluding carboxylic acids is 1. The van der Waals surface area contributed by atoms with Crippen molar-refractivity contribution in [3.63, 3.8) is 0 Å². The van der Waals surface area contributed by atoms with Crippen LogP contribution >= 0.6 is 24.0 Å². The molecule has 25 heavy (non-hydrogen) atoms. The molecular formula is C17H27IN4O3. The summed E-state index contributed by atoms with van der Waals surface area (Å²) in [5, 5.41) is 6.18. The van der Waals surface area contributed by atoms with Crippen LogP contribution in [0, 0.1) is 0 Å². The average molecular weight is 462 g/mol. The molecule has 0 aromatic heterocycles. The highest BCUT2D eigenvalue weighted by atomic mass is 127. The van der Waals surface area contributed by atoms with Crippen LogP contribution < -0.4 is 20.1 Å². The van der Waals surface area contributed by atoms with Crippen molar-refractivity contribution in [2.75, 3.05) is 40.4 Å². The number of aliphatic imine (C=N–C) groups is 1. The second-order valence-corrected chi connectivity index (χ2v) is 5.63. The molecule has 0 saturated carbocycles. The number of rotatable bonds is 5. The van der Waals surface area contributed by atoms with Gasteiger partial charge in [0.1, 0.15) is 0 Å². The molecule has 0 unspecified atom stereocenters. The van der Waals surface area contributed by atoms with Crippen molar-refractivity contribution in [2.45, 2.75) is 19.9 Å². The van der Waals surface area contributed by atoms with E-state index in [1.807, 2.05) is 25.1 Å². The number of hydrogen-bond donors (Lipinski definition) is 2. The van der Waals surface area contributed by atoms with Crippen LogP contribution in [0.5, 0.6) is 11.5 Å². The molecule has 1 aromatic carbocycles. The van der Waals surface area contributed by atoms with Crippen molar-refractivity contribution in [1.29, 1.82) is 0 Å². The summed E-state index contributed by atoms with van der Waals surface area (Å²) in [5.74, 6) is 2.12. The van der Waals surface area contributed by atoms with E-state index in [4.69, 9.17) is 9.47 Å². The van der Waals surface area contributed by atoms with Gasteiger partial charge in [-0.15, -0.1) is 24.0 Å². The van der Waals surface area contributed by atoms with Crippen molar-refractivity contribution >= 4 is 35.8 Å². The number of para-hydroxylation sites is 1. The van der Waals surface area contributed by atoms with Gasteiger partial charge in [-0.25, -0.2) is 4.99 Å². The van der Waals surface area contributed by atoms with Crippen LogP contribution in [0.2, 0.25) is 0 Å². The second kappa shape index (κ2) is 11.0. The van der Waals surface area contributed by atoms with Crippen LogP contribution in [-0.2, 0) is 11.3 Å². The van der Waals surface area contributed by atoms with Gasteiger partial charge in [0, 0.05) is 32.6 Å². The molecule has 1 amide bonds. The number of ether oxygens (including phenoxy) is 2. The topological polar surface area (TPSA) is 75.2 Å². The fourth-order valence-electron chi connectivity index (χ4n) is 2.20. The number of nitrogens with one attached hydrogen (secondary N) is 2. The minimum Gasteiger partial charge on any atom is -0.490 e. The van der Waals surface area contributed by atoms with Gasteiger partial charge in [0.15, 0.2) is 17.5 Å². The SMILES string of the molecule is CCNC(=NCc1cccc2c1OCCCO2)NCC(=O)N(C)C.I. The number of fused-ring (bicyclic) bond motifs is 1. The van der Waals surface area contributed by atoms with E-state index < -0.39 is 0 Å². The Hall–Kier alpha value is -1.71. The Balaban J connectivity index is 0.00000312. The fraction of sp³-hybridized carbons (Fsp3) is 0.529. The van der Waals surface area contributed by atoms with Gasteiger partial charge in [0.05, 0.1) is 26.3 Å². The average Bonchev–Trinajstić information content (AvgIpc) is 2.82. The molecular weight excluding hydrogens is 435 g/mol. The highest BCUT2D eigenvalue weighted by Crippen LogP contribution is 2.33. The summed E-state index contributed by atoms with van der Waals surface area (Å²) >= 11 is 0. The van der Waals surface area contributed by atoms with E-state index in [2.05, 4.69) is 15.6 Å². The minimum absolute atomic E-state index is 0. The summed E-state index contributed by atoms with van der Waals surface area (Å²) in [7, 11) is 3.45. The van der Waals surface area contributed by atoms with Gasteiger partial charge in [-0.1, -0.05) is 12.1 Å². The fourth-order valence-corrected chi connectivity index (χ4v) is 2.20. The summed E-state index contributed by atoms with van der Waals surface area (Å²) in [6.07, 6.45) is 0.869. The lowest BCUT2D eigenvalue weighted by Gasteiger charge is -2.15. The zero-order valence-corrected chi connectivity index (χ0v) is 17.3. The first-order valence-corrected chi connectivity index (χ1v) is 8.21. The molecule has 0 aliphatic carbocycles. The van der Waals surface area contributed by atoms with Gasteiger partial charge in [-0.3, -0.25) is 4.79 Å². The van der Waals surface area contributed by atoms with E-state index >= 15 is 0 Å². The van der Waals surface area contributed by atoms with Gasteiger partial charge >= 0.3 is 0 Å². The van der Waals surface area contributed by atoms with Crippen molar-refractivity contribution in [3.8, 4) is 11.5 Å². The Morgan fingerprint density at radius 1 is 1.24 bits per heavy atom. The molecule has 1 aromatic rings. The van der Waals surface area contributed by atoms with Crippen molar-refractivity contribution in [1.82, 2.24) is 15.5 Å². The number of guanidine groups is 1. The Morgan fingerprint density at radius 3 is 2.72 bits per heavy atom. The third-order valence-corrected chi connectivity index (χ3v) is 3.51. The lowest BCUT2D eigenvalue weighted by atomic mass is 10.2. The number of hydrogen-bond acceptors (Lipinski definition) is 4. The minimum atomic E-state index is -0.00841. The van der Waals surface area contributed by atoms with Crippen LogP contribution in [0.25, 0.3) is 0 Å². The number of nitrogens with zero attached hydrogens (tertiary/aromatic N) is 2. The summed E-state index contributed by atoms with van der Waals surface area (Å²) in [6.45, 7) is 4.65. The van der Waals surface area contributed by atoms with Gasteiger partial charge in [0.2, 0.25) is 5.91 Å². The maximum atomic E-state index is 11.7. The number of amides is 1. The maximum Gasteiger partial charge on any atom is 0.241 e. The molecule has 0 spiro atoms. The molecule has 1 aliphatic heterocycles. The highest BCUT2D eigenvalue weighted by molar-refractivity contribution is 14.0. The lowest BCUT2D eigenvalue weighted by molar-refractivity contribution is -0.127. The third kappa shape index (κ3) is 6.60. The predicted octanol–water partition coefficient (Wildman–Crippen LogP) is 1.61. The first-order chi connectivity index (χ1) is 11.6. The summed E-state index contributed by atoms with van der Waals surface area (Å²) in [4.78, 5) is 17.8. The lowest BCUT2D eigenvalue weighted by Crippen LogP contribution is -2.42. The number of halogens is 1. The van der Waals surface area contributed by atoms with Crippen LogP contribution in [0.15, 0.2) is 23.2 Å². The van der Waals surface area contributed by atoms with Gasteiger partial charge in [-0.2, -0.15) is 0 Å². The first kappa shape index (κ1) is 21.3. The first-order valence-electron chi connectivity index (χ1n) is 8.21. The van der Waals surface area contributed by atoms with Crippen molar-refractivity contribution < 1.29 is 14.3 Å². The molecule has 0 fully saturated rings. The van der Waals surface area contributed by atoms with Gasteiger partial charge in [-0.05, 0) is 13.0 Å². The summed E-state index contributed by atoms with van der Waals surface area (Å²) in [5.41, 5.74) is 0.963. The molecule has 1 heterocycles. The summed E-state index contributed by atoms with van der Waals surface area (Å²) < 4.78 is 11.5. The maximum absolute atomic E-state index is 11.7. The Morgan fingerprint density at radius 2 is 2.00 bits per heavy atom. The molecule has 0 radical (unpaired) electrons. The monoisotopic (exact) mass is 462 g/mol. The van der Waals surface area contributed by atoms with E-state index in [9.17, 15) is 4.79 Å². The predicted molar refractivity (Wildman–Crippen MR) is 109 cm³/mol. The van der Waals surface area contributed by atoms with Gasteiger partial charge in [0.25, 0.3) is 0 Å². The van der Waals surface area contributed by atoms with Crippen LogP contribution in [0.3, 0.4) is 0 Å². The Kier molecular flexibility index (Phi) is 9.40. The third-order valence-electron chi connectivity index (χ3n) is 3.51. The van der Waals surface area contributed by atoms with E-state index in [0.29, 0.717) is 32.3 Å². The van der Waals surface area contributed by atoms with Crippen LogP contribution in [-0.4, -0.2) is 57.2 Å². The summed E-state index contributed by atoms with van der Waals surface area (Å²) in [6, 6.07) is 5.83. The number of likely N-dealkylation sites (N-methyl/N-ethyl adjacent to an activating group) is 1. The zero-order valence-electron chi connectivity index (χ0n) is 15.0. The molecule has 7 nitrogen and oxygen atoms in total. The van der Waals surface area contributed by atoms with Crippen LogP contribution in [0.1, 0.15) is 18.9 Å². The second-order valence-electron chi connectivity index (χ2n) is 5.63. The van der Waals surface area contributed by atoms with E-state index in [1.165, 1.54) is 0 Å². The van der Waals surface area contributed by atoms with Gasteiger partial charge < -0.3 is 25.0 Å². The standard InChI is InChI=1S/C17H26N4O3.HI/c1-4-18-17(20-12-15(22)21(2)3)19-11-13-7-5-8-14-16(13)24-10-6-9-23-14;/h5,7-8H,4,6,9-12H2,1-3H3,(H2,18,19,20);1H. The molecule has 0 bridgehead atoms. The molecule has 1 aliphatic rings. The van der Waals surface area contributed by atoms with Crippen LogP contribution in [0.4, 0.5) is 0 Å². The highest BCUT2D eigenvalue weighted by Gasteiger charge is 2.14. The molecule has 0 atom stereocenters.